The van der Waals surface area contributed by atoms with Gasteiger partial charge in [0, 0.05) is 17.5 Å². The zero-order chi connectivity index (χ0) is 11.9. The first-order valence-electron chi connectivity index (χ1n) is 6.65. The van der Waals surface area contributed by atoms with Gasteiger partial charge in [0.25, 0.3) is 0 Å². The van der Waals surface area contributed by atoms with Gasteiger partial charge in [-0.1, -0.05) is 0 Å². The van der Waals surface area contributed by atoms with Crippen LogP contribution in [0.25, 0.3) is 0 Å². The van der Waals surface area contributed by atoms with Gasteiger partial charge in [-0.2, -0.15) is 0 Å². The number of aromatic nitrogens is 2. The molecule has 1 aliphatic carbocycles. The van der Waals surface area contributed by atoms with Crippen LogP contribution in [0.3, 0.4) is 0 Å². The molecule has 4 heteroatoms. The van der Waals surface area contributed by atoms with E-state index in [1.165, 1.54) is 30.5 Å². The fourth-order valence-electron chi connectivity index (χ4n) is 3.56. The van der Waals surface area contributed by atoms with Gasteiger partial charge < -0.3 is 10.1 Å². The summed E-state index contributed by atoms with van der Waals surface area (Å²) >= 11 is 0. The van der Waals surface area contributed by atoms with Gasteiger partial charge in [-0.15, -0.1) is 5.10 Å². The summed E-state index contributed by atoms with van der Waals surface area (Å²) in [6.07, 6.45) is 4.90. The minimum atomic E-state index is 0.375. The van der Waals surface area contributed by atoms with Crippen molar-refractivity contribution in [2.24, 2.45) is 0 Å². The molecule has 1 fully saturated rings. The molecule has 3 rings (SSSR count). The van der Waals surface area contributed by atoms with E-state index in [0.717, 1.165) is 31.9 Å². The zero-order valence-corrected chi connectivity index (χ0v) is 10.8. The first-order valence-corrected chi connectivity index (χ1v) is 6.65. The Morgan fingerprint density at radius 3 is 2.76 bits per heavy atom. The van der Waals surface area contributed by atoms with Crippen molar-refractivity contribution in [2.75, 3.05) is 20.2 Å². The SMILES string of the molecule is CCn1nc(OC)c2c1C1(CCNCC1)CC2. The first kappa shape index (κ1) is 11.1. The maximum atomic E-state index is 5.43. The molecule has 1 aromatic heterocycles. The normalized spacial score (nSPS) is 21.8. The molecule has 0 unspecified atom stereocenters. The lowest BCUT2D eigenvalue weighted by atomic mass is 9.76. The highest BCUT2D eigenvalue weighted by Crippen LogP contribution is 2.47. The molecule has 1 spiro atoms. The standard InChI is InChI=1S/C13H21N3O/c1-3-16-11-10(12(15-16)17-2)4-5-13(11)6-8-14-9-7-13/h14H,3-9H2,1-2H3. The molecular weight excluding hydrogens is 214 g/mol. The van der Waals surface area contributed by atoms with E-state index in [0.29, 0.717) is 5.41 Å². The Hall–Kier alpha value is -1.03. The van der Waals surface area contributed by atoms with E-state index in [2.05, 4.69) is 22.0 Å². The Balaban J connectivity index is 2.07. The van der Waals surface area contributed by atoms with E-state index in [1.54, 1.807) is 7.11 Å². The molecule has 1 aromatic rings. The lowest BCUT2D eigenvalue weighted by Crippen LogP contribution is -2.39. The first-order chi connectivity index (χ1) is 8.30. The van der Waals surface area contributed by atoms with Crippen molar-refractivity contribution in [1.82, 2.24) is 15.1 Å². The number of methoxy groups -OCH3 is 1. The van der Waals surface area contributed by atoms with Crippen molar-refractivity contribution in [3.63, 3.8) is 0 Å². The summed E-state index contributed by atoms with van der Waals surface area (Å²) in [5.74, 6) is 0.859. The highest BCUT2D eigenvalue weighted by atomic mass is 16.5. The highest BCUT2D eigenvalue weighted by Gasteiger charge is 2.44. The minimum Gasteiger partial charge on any atom is -0.480 e. The van der Waals surface area contributed by atoms with E-state index in [9.17, 15) is 0 Å². The Labute approximate surface area is 102 Å². The maximum absolute atomic E-state index is 5.43. The fraction of sp³-hybridized carbons (Fsp3) is 0.769. The molecule has 0 radical (unpaired) electrons. The number of fused-ring (bicyclic) bond motifs is 2. The van der Waals surface area contributed by atoms with Crippen LogP contribution in [0.15, 0.2) is 0 Å². The topological polar surface area (TPSA) is 39.1 Å². The van der Waals surface area contributed by atoms with E-state index in [4.69, 9.17) is 4.74 Å². The Morgan fingerprint density at radius 2 is 2.12 bits per heavy atom. The lowest BCUT2D eigenvalue weighted by molar-refractivity contribution is 0.285. The van der Waals surface area contributed by atoms with Crippen molar-refractivity contribution < 1.29 is 4.74 Å². The predicted octanol–water partition coefficient (Wildman–Crippen LogP) is 1.48. The van der Waals surface area contributed by atoms with Crippen LogP contribution in [-0.4, -0.2) is 30.0 Å². The maximum Gasteiger partial charge on any atom is 0.236 e. The van der Waals surface area contributed by atoms with Crippen molar-refractivity contribution >= 4 is 0 Å². The fourth-order valence-corrected chi connectivity index (χ4v) is 3.56. The van der Waals surface area contributed by atoms with Gasteiger partial charge in [-0.25, -0.2) is 0 Å². The third-order valence-electron chi connectivity index (χ3n) is 4.42. The van der Waals surface area contributed by atoms with Crippen LogP contribution in [-0.2, 0) is 18.4 Å². The Morgan fingerprint density at radius 1 is 1.35 bits per heavy atom. The third-order valence-corrected chi connectivity index (χ3v) is 4.42. The number of aryl methyl sites for hydroxylation is 1. The van der Waals surface area contributed by atoms with E-state index >= 15 is 0 Å². The molecule has 0 atom stereocenters. The van der Waals surface area contributed by atoms with Gasteiger partial charge >= 0.3 is 0 Å². The van der Waals surface area contributed by atoms with Gasteiger partial charge in [0.05, 0.1) is 12.8 Å². The minimum absolute atomic E-state index is 0.375. The smallest absolute Gasteiger partial charge is 0.236 e. The summed E-state index contributed by atoms with van der Waals surface area (Å²) in [4.78, 5) is 0. The lowest BCUT2D eigenvalue weighted by Gasteiger charge is -2.34. The third kappa shape index (κ3) is 1.50. The van der Waals surface area contributed by atoms with E-state index in [1.807, 2.05) is 0 Å². The van der Waals surface area contributed by atoms with E-state index < -0.39 is 0 Å². The molecular formula is C13H21N3O. The molecule has 17 heavy (non-hydrogen) atoms. The van der Waals surface area contributed by atoms with Crippen molar-refractivity contribution in [2.45, 2.75) is 44.6 Å². The molecule has 1 saturated heterocycles. The van der Waals surface area contributed by atoms with E-state index in [-0.39, 0.29) is 0 Å². The molecule has 0 amide bonds. The predicted molar refractivity (Wildman–Crippen MR) is 66.6 cm³/mol. The van der Waals surface area contributed by atoms with Crippen molar-refractivity contribution in [3.05, 3.63) is 11.3 Å². The number of piperidine rings is 1. The molecule has 2 heterocycles. The second-order valence-electron chi connectivity index (χ2n) is 5.18. The van der Waals surface area contributed by atoms with Crippen molar-refractivity contribution in [1.29, 1.82) is 0 Å². The largest absolute Gasteiger partial charge is 0.480 e. The zero-order valence-electron chi connectivity index (χ0n) is 10.8. The van der Waals surface area contributed by atoms with Crippen LogP contribution in [0, 0.1) is 0 Å². The van der Waals surface area contributed by atoms with Crippen molar-refractivity contribution in [3.8, 4) is 5.88 Å². The number of hydrogen-bond acceptors (Lipinski definition) is 3. The Kier molecular flexibility index (Phi) is 2.62. The summed E-state index contributed by atoms with van der Waals surface area (Å²) in [5, 5.41) is 8.06. The second kappa shape index (κ2) is 4.02. The van der Waals surface area contributed by atoms with Gasteiger partial charge in [0.15, 0.2) is 0 Å². The molecule has 4 nitrogen and oxygen atoms in total. The average Bonchev–Trinajstić information content (AvgIpc) is 2.90. The molecule has 1 N–H and O–H groups in total. The number of nitrogens with one attached hydrogen (secondary N) is 1. The van der Waals surface area contributed by atoms with Crippen LogP contribution in [0.2, 0.25) is 0 Å². The summed E-state index contributed by atoms with van der Waals surface area (Å²) in [5.41, 5.74) is 3.22. The number of nitrogens with zero attached hydrogens (tertiary/aromatic N) is 2. The number of ether oxygens (including phenoxy) is 1. The van der Waals surface area contributed by atoms with Gasteiger partial charge in [-0.3, -0.25) is 4.68 Å². The molecule has 0 aromatic carbocycles. The Bertz CT molecular complexity index is 419. The number of hydrogen-bond donors (Lipinski definition) is 1. The molecule has 94 valence electrons. The molecule has 1 aliphatic heterocycles. The quantitative estimate of drug-likeness (QED) is 0.844. The number of rotatable bonds is 2. The van der Waals surface area contributed by atoms with Gasteiger partial charge in [-0.05, 0) is 45.7 Å². The van der Waals surface area contributed by atoms with Crippen LogP contribution in [0.5, 0.6) is 5.88 Å². The molecule has 2 aliphatic rings. The van der Waals surface area contributed by atoms with Crippen LogP contribution >= 0.6 is 0 Å². The van der Waals surface area contributed by atoms with Crippen LogP contribution in [0.4, 0.5) is 0 Å². The monoisotopic (exact) mass is 235 g/mol. The highest BCUT2D eigenvalue weighted by molar-refractivity contribution is 5.42. The summed E-state index contributed by atoms with van der Waals surface area (Å²) < 4.78 is 7.60. The molecule has 0 saturated carbocycles. The average molecular weight is 235 g/mol. The molecule has 0 bridgehead atoms. The van der Waals surface area contributed by atoms with Gasteiger partial charge in [0.1, 0.15) is 0 Å². The summed E-state index contributed by atoms with van der Waals surface area (Å²) in [6.45, 7) is 5.38. The second-order valence-corrected chi connectivity index (χ2v) is 5.18. The van der Waals surface area contributed by atoms with Gasteiger partial charge in [0.2, 0.25) is 5.88 Å². The summed E-state index contributed by atoms with van der Waals surface area (Å²) in [6, 6.07) is 0. The van der Waals surface area contributed by atoms with Crippen LogP contribution < -0.4 is 10.1 Å². The summed E-state index contributed by atoms with van der Waals surface area (Å²) in [7, 11) is 1.73. The van der Waals surface area contributed by atoms with Crippen LogP contribution in [0.1, 0.15) is 37.4 Å².